The number of rotatable bonds is 8. The van der Waals surface area contributed by atoms with Crippen molar-refractivity contribution in [1.82, 2.24) is 15.5 Å². The summed E-state index contributed by atoms with van der Waals surface area (Å²) in [5.41, 5.74) is -1.90. The van der Waals surface area contributed by atoms with Crippen molar-refractivity contribution in [2.75, 3.05) is 19.4 Å². The standard InChI is InChI=1S/C17H17F3N4O5S/c1-3-28-14(25)9-22-12(8-13(21)17(18,19)20)15-23-16(29-24-15)10-5-4-6-11(7-10)30(2,26)27/h4-8,21-22H,3,9H2,1-2H3/b12-8-,21-13?. The first-order valence-electron chi connectivity index (χ1n) is 8.33. The van der Waals surface area contributed by atoms with Gasteiger partial charge in [0.15, 0.2) is 9.84 Å². The van der Waals surface area contributed by atoms with Crippen LogP contribution in [-0.2, 0) is 19.4 Å². The predicted molar refractivity (Wildman–Crippen MR) is 99.2 cm³/mol. The number of hydrogen-bond donors (Lipinski definition) is 2. The van der Waals surface area contributed by atoms with Crippen LogP contribution in [0.5, 0.6) is 0 Å². The minimum atomic E-state index is -4.94. The summed E-state index contributed by atoms with van der Waals surface area (Å²) in [6.07, 6.45) is -3.53. The molecule has 162 valence electrons. The van der Waals surface area contributed by atoms with Crippen LogP contribution in [-0.4, -0.2) is 55.8 Å². The number of ether oxygens (including phenoxy) is 1. The van der Waals surface area contributed by atoms with Crippen molar-refractivity contribution in [3.63, 3.8) is 0 Å². The summed E-state index contributed by atoms with van der Waals surface area (Å²) in [5.74, 6) is -1.28. The molecule has 0 fully saturated rings. The first-order valence-corrected chi connectivity index (χ1v) is 10.2. The molecule has 0 spiro atoms. The number of aromatic nitrogens is 2. The molecule has 0 aliphatic rings. The molecule has 1 heterocycles. The summed E-state index contributed by atoms with van der Waals surface area (Å²) in [5, 5.41) is 13.1. The normalized spacial score (nSPS) is 12.5. The molecule has 2 rings (SSSR count). The smallest absolute Gasteiger partial charge is 0.432 e. The first-order chi connectivity index (χ1) is 13.9. The molecule has 1 aromatic carbocycles. The molecular weight excluding hydrogens is 429 g/mol. The van der Waals surface area contributed by atoms with Crippen LogP contribution in [0.1, 0.15) is 12.7 Å². The SMILES string of the molecule is CCOC(=O)CN/C(=C\C(=N)C(F)(F)F)c1noc(-c2cccc(S(C)(=O)=O)c2)n1. The van der Waals surface area contributed by atoms with E-state index in [1.165, 1.54) is 24.3 Å². The molecule has 13 heteroatoms. The molecule has 0 unspecified atom stereocenters. The molecule has 2 aromatic rings. The van der Waals surface area contributed by atoms with Gasteiger partial charge in [-0.2, -0.15) is 18.2 Å². The number of carbonyl (C=O) groups is 1. The number of esters is 1. The molecule has 0 saturated carbocycles. The van der Waals surface area contributed by atoms with Crippen LogP contribution in [0.15, 0.2) is 39.8 Å². The van der Waals surface area contributed by atoms with Gasteiger partial charge in [-0.1, -0.05) is 11.2 Å². The summed E-state index contributed by atoms with van der Waals surface area (Å²) < 4.78 is 71.4. The van der Waals surface area contributed by atoms with Crippen molar-refractivity contribution in [1.29, 1.82) is 5.41 Å². The van der Waals surface area contributed by atoms with Crippen molar-refractivity contribution in [2.24, 2.45) is 0 Å². The third-order valence-corrected chi connectivity index (χ3v) is 4.61. The van der Waals surface area contributed by atoms with E-state index in [9.17, 15) is 26.4 Å². The molecule has 0 bridgehead atoms. The van der Waals surface area contributed by atoms with Gasteiger partial charge in [0.25, 0.3) is 5.89 Å². The van der Waals surface area contributed by atoms with Gasteiger partial charge in [-0.15, -0.1) is 0 Å². The molecule has 0 amide bonds. The van der Waals surface area contributed by atoms with Gasteiger partial charge in [0.1, 0.15) is 12.3 Å². The van der Waals surface area contributed by atoms with Crippen LogP contribution in [0.2, 0.25) is 0 Å². The molecule has 1 aromatic heterocycles. The highest BCUT2D eigenvalue weighted by molar-refractivity contribution is 7.90. The van der Waals surface area contributed by atoms with E-state index in [1.54, 1.807) is 6.92 Å². The monoisotopic (exact) mass is 446 g/mol. The molecule has 9 nitrogen and oxygen atoms in total. The van der Waals surface area contributed by atoms with E-state index in [2.05, 4.69) is 15.5 Å². The third-order valence-electron chi connectivity index (χ3n) is 3.50. The second kappa shape index (κ2) is 9.07. The van der Waals surface area contributed by atoms with Crippen molar-refractivity contribution in [3.8, 4) is 11.5 Å². The van der Waals surface area contributed by atoms with E-state index >= 15 is 0 Å². The van der Waals surface area contributed by atoms with E-state index < -0.39 is 39.9 Å². The predicted octanol–water partition coefficient (Wildman–Crippen LogP) is 2.22. The highest BCUT2D eigenvalue weighted by Crippen LogP contribution is 2.23. The number of nitrogens with one attached hydrogen (secondary N) is 2. The number of hydrogen-bond acceptors (Lipinski definition) is 9. The topological polar surface area (TPSA) is 135 Å². The zero-order valence-corrected chi connectivity index (χ0v) is 16.6. The Balaban J connectivity index is 2.39. The minimum Gasteiger partial charge on any atom is -0.465 e. The summed E-state index contributed by atoms with van der Waals surface area (Å²) in [4.78, 5) is 15.4. The van der Waals surface area contributed by atoms with Gasteiger partial charge >= 0.3 is 12.1 Å². The molecule has 0 atom stereocenters. The number of nitrogens with zero attached hydrogens (tertiary/aromatic N) is 2. The van der Waals surface area contributed by atoms with Crippen LogP contribution in [0.3, 0.4) is 0 Å². The van der Waals surface area contributed by atoms with E-state index in [-0.39, 0.29) is 28.8 Å². The second-order valence-electron chi connectivity index (χ2n) is 5.85. The maximum atomic E-state index is 12.8. The fourth-order valence-electron chi connectivity index (χ4n) is 2.11. The van der Waals surface area contributed by atoms with E-state index in [1.807, 2.05) is 0 Å². The molecule has 2 N–H and O–H groups in total. The van der Waals surface area contributed by atoms with Crippen molar-refractivity contribution in [2.45, 2.75) is 18.0 Å². The van der Waals surface area contributed by atoms with Crippen LogP contribution in [0, 0.1) is 5.41 Å². The Morgan fingerprint density at radius 1 is 1.37 bits per heavy atom. The Bertz CT molecular complexity index is 1080. The zero-order chi connectivity index (χ0) is 22.5. The minimum absolute atomic E-state index is 0.0187. The summed E-state index contributed by atoms with van der Waals surface area (Å²) >= 11 is 0. The van der Waals surface area contributed by atoms with Crippen molar-refractivity contribution < 1.29 is 35.6 Å². The Morgan fingerprint density at radius 3 is 2.67 bits per heavy atom. The Kier molecular flexibility index (Phi) is 6.97. The average Bonchev–Trinajstić information content (AvgIpc) is 3.14. The molecule has 0 aliphatic heterocycles. The van der Waals surface area contributed by atoms with Gasteiger partial charge in [-0.3, -0.25) is 10.2 Å². The van der Waals surface area contributed by atoms with Gasteiger partial charge < -0.3 is 14.6 Å². The number of benzene rings is 1. The lowest BCUT2D eigenvalue weighted by Gasteiger charge is -2.09. The number of sulfone groups is 1. The first kappa shape index (κ1) is 23.1. The molecule has 0 aliphatic carbocycles. The number of allylic oxidation sites excluding steroid dienone is 1. The van der Waals surface area contributed by atoms with Crippen LogP contribution in [0.4, 0.5) is 13.2 Å². The second-order valence-corrected chi connectivity index (χ2v) is 7.87. The van der Waals surface area contributed by atoms with Gasteiger partial charge in [0.05, 0.1) is 17.2 Å². The lowest BCUT2D eigenvalue weighted by Crippen LogP contribution is -2.26. The lowest BCUT2D eigenvalue weighted by molar-refractivity contribution is -0.141. The van der Waals surface area contributed by atoms with Crippen molar-refractivity contribution in [3.05, 3.63) is 36.2 Å². The molecule has 30 heavy (non-hydrogen) atoms. The number of alkyl halides is 3. The Hall–Kier alpha value is -3.22. The summed E-state index contributed by atoms with van der Waals surface area (Å²) in [6, 6.07) is 5.52. The Labute approximate surface area is 169 Å². The molecule has 0 radical (unpaired) electrons. The fourth-order valence-corrected chi connectivity index (χ4v) is 2.78. The third kappa shape index (κ3) is 6.14. The van der Waals surface area contributed by atoms with E-state index in [0.29, 0.717) is 6.08 Å². The molecule has 0 saturated heterocycles. The summed E-state index contributed by atoms with van der Waals surface area (Å²) in [6.45, 7) is 1.13. The highest BCUT2D eigenvalue weighted by Gasteiger charge is 2.33. The zero-order valence-electron chi connectivity index (χ0n) is 15.8. The van der Waals surface area contributed by atoms with Crippen LogP contribution in [0.25, 0.3) is 17.2 Å². The lowest BCUT2D eigenvalue weighted by atomic mass is 10.2. The maximum absolute atomic E-state index is 12.8. The van der Waals surface area contributed by atoms with Crippen LogP contribution < -0.4 is 5.32 Å². The summed E-state index contributed by atoms with van der Waals surface area (Å²) in [7, 11) is -3.52. The van der Waals surface area contributed by atoms with Gasteiger partial charge in [0.2, 0.25) is 5.82 Å². The van der Waals surface area contributed by atoms with Gasteiger partial charge in [-0.25, -0.2) is 8.42 Å². The van der Waals surface area contributed by atoms with Crippen LogP contribution >= 0.6 is 0 Å². The van der Waals surface area contributed by atoms with Crippen molar-refractivity contribution >= 4 is 27.2 Å². The maximum Gasteiger partial charge on any atom is 0.432 e. The van der Waals surface area contributed by atoms with Gasteiger partial charge in [0, 0.05) is 11.8 Å². The van der Waals surface area contributed by atoms with E-state index in [4.69, 9.17) is 14.7 Å². The Morgan fingerprint density at radius 2 is 2.07 bits per heavy atom. The quantitative estimate of drug-likeness (QED) is 0.465. The van der Waals surface area contributed by atoms with E-state index in [0.717, 1.165) is 6.26 Å². The fraction of sp³-hybridized carbons (Fsp3) is 0.294. The number of halogens is 3. The molecular formula is C17H17F3N4O5S. The number of carbonyl (C=O) groups excluding carboxylic acids is 1. The highest BCUT2D eigenvalue weighted by atomic mass is 32.2. The average molecular weight is 446 g/mol. The van der Waals surface area contributed by atoms with Gasteiger partial charge in [-0.05, 0) is 31.2 Å². The largest absolute Gasteiger partial charge is 0.465 e.